The van der Waals surface area contributed by atoms with E-state index in [0.29, 0.717) is 12.1 Å². The molecule has 1 heterocycles. The molecule has 0 saturated heterocycles. The van der Waals surface area contributed by atoms with Crippen molar-refractivity contribution in [3.63, 3.8) is 0 Å². The third-order valence-electron chi connectivity index (χ3n) is 2.50. The van der Waals surface area contributed by atoms with E-state index in [-0.39, 0.29) is 22.7 Å². The summed E-state index contributed by atoms with van der Waals surface area (Å²) in [7, 11) is 0. The number of benzene rings is 1. The summed E-state index contributed by atoms with van der Waals surface area (Å²) in [5.41, 5.74) is 1.61. The number of pyridine rings is 1. The van der Waals surface area contributed by atoms with Gasteiger partial charge in [0, 0.05) is 23.8 Å². The molecule has 2 rings (SSSR count). The van der Waals surface area contributed by atoms with Gasteiger partial charge in [0.05, 0.1) is 4.92 Å². The number of nitriles is 1. The molecule has 1 aromatic carbocycles. The van der Waals surface area contributed by atoms with Crippen LogP contribution >= 0.6 is 17.0 Å². The van der Waals surface area contributed by atoms with Crippen LogP contribution in [-0.2, 0) is 6.54 Å². The van der Waals surface area contributed by atoms with Gasteiger partial charge in [-0.25, -0.2) is 0 Å². The van der Waals surface area contributed by atoms with Gasteiger partial charge in [-0.15, -0.1) is 17.0 Å². The van der Waals surface area contributed by atoms with E-state index in [9.17, 15) is 10.1 Å². The van der Waals surface area contributed by atoms with Crippen LogP contribution in [0.4, 0.5) is 5.69 Å². The molecular weight excluding hydrogens is 310 g/mol. The second kappa shape index (κ2) is 6.61. The number of non-ortho nitro benzene ring substituents is 1. The number of nitro groups is 1. The first-order valence-electron chi connectivity index (χ1n) is 5.31. The molecular formula is C13H11BrN3O2+. The quantitative estimate of drug-likeness (QED) is 0.495. The minimum absolute atomic E-state index is 0. The van der Waals surface area contributed by atoms with Crippen molar-refractivity contribution in [2.75, 3.05) is 0 Å². The van der Waals surface area contributed by atoms with Gasteiger partial charge in [0.25, 0.3) is 5.69 Å². The molecule has 96 valence electrons. The average molecular weight is 321 g/mol. The Labute approximate surface area is 120 Å². The fraction of sp³-hybridized carbons (Fsp3) is 0.0769. The van der Waals surface area contributed by atoms with E-state index in [1.165, 1.54) is 12.1 Å². The molecule has 0 amide bonds. The van der Waals surface area contributed by atoms with Gasteiger partial charge in [0.1, 0.15) is 11.6 Å². The maximum absolute atomic E-state index is 10.5. The first kappa shape index (κ1) is 14.8. The Kier molecular flexibility index (Phi) is 5.15. The van der Waals surface area contributed by atoms with Crippen LogP contribution in [0.5, 0.6) is 0 Å². The molecule has 0 aliphatic carbocycles. The lowest BCUT2D eigenvalue weighted by Crippen LogP contribution is -2.33. The SMILES string of the molecule is Br.N#Cc1ccc[n+](Cc2ccc([N+](=O)[O-])cc2)c1. The number of hydrogen-bond acceptors (Lipinski definition) is 3. The monoisotopic (exact) mass is 320 g/mol. The molecule has 0 atom stereocenters. The van der Waals surface area contributed by atoms with Gasteiger partial charge in [0.2, 0.25) is 0 Å². The molecule has 0 saturated carbocycles. The van der Waals surface area contributed by atoms with E-state index in [4.69, 9.17) is 5.26 Å². The lowest BCUT2D eigenvalue weighted by Gasteiger charge is -1.98. The predicted molar refractivity (Wildman–Crippen MR) is 73.9 cm³/mol. The zero-order valence-electron chi connectivity index (χ0n) is 9.89. The van der Waals surface area contributed by atoms with Crippen molar-refractivity contribution in [3.05, 3.63) is 70.0 Å². The average Bonchev–Trinajstić information content (AvgIpc) is 2.39. The highest BCUT2D eigenvalue weighted by Crippen LogP contribution is 2.11. The molecule has 2 aromatic rings. The standard InChI is InChI=1S/C13H10N3O2.BrH/c14-8-12-2-1-7-15(10-12)9-11-3-5-13(6-4-11)16(17)18;/h1-7,10H,9H2;1H/q+1;. The third-order valence-corrected chi connectivity index (χ3v) is 2.50. The zero-order valence-corrected chi connectivity index (χ0v) is 11.6. The fourth-order valence-corrected chi connectivity index (χ4v) is 1.62. The molecule has 19 heavy (non-hydrogen) atoms. The highest BCUT2D eigenvalue weighted by Gasteiger charge is 2.07. The number of rotatable bonds is 3. The molecule has 6 heteroatoms. The minimum atomic E-state index is -0.423. The van der Waals surface area contributed by atoms with Gasteiger partial charge in [-0.05, 0) is 18.2 Å². The predicted octanol–water partition coefficient (Wildman–Crippen LogP) is 2.38. The molecule has 0 radical (unpaired) electrons. The first-order chi connectivity index (χ1) is 8.69. The summed E-state index contributed by atoms with van der Waals surface area (Å²) in [5.74, 6) is 0. The number of nitrogens with zero attached hydrogens (tertiary/aromatic N) is 3. The molecule has 1 aromatic heterocycles. The van der Waals surface area contributed by atoms with Gasteiger partial charge in [-0.3, -0.25) is 10.1 Å². The van der Waals surface area contributed by atoms with E-state index in [0.717, 1.165) is 5.56 Å². The van der Waals surface area contributed by atoms with Crippen molar-refractivity contribution in [1.29, 1.82) is 5.26 Å². The number of nitro benzene ring substituents is 1. The smallest absolute Gasteiger partial charge is 0.258 e. The van der Waals surface area contributed by atoms with E-state index < -0.39 is 4.92 Å². The summed E-state index contributed by atoms with van der Waals surface area (Å²) in [4.78, 5) is 10.1. The highest BCUT2D eigenvalue weighted by molar-refractivity contribution is 8.93. The Balaban J connectivity index is 0.00000180. The fourth-order valence-electron chi connectivity index (χ4n) is 1.62. The van der Waals surface area contributed by atoms with Gasteiger partial charge in [-0.2, -0.15) is 9.83 Å². The summed E-state index contributed by atoms with van der Waals surface area (Å²) in [6, 6.07) is 12.0. The van der Waals surface area contributed by atoms with E-state index in [1.54, 1.807) is 30.5 Å². The van der Waals surface area contributed by atoms with Crippen LogP contribution in [0.3, 0.4) is 0 Å². The minimum Gasteiger partial charge on any atom is -0.258 e. The Bertz CT molecular complexity index is 621. The molecule has 5 nitrogen and oxygen atoms in total. The normalized spacial score (nSPS) is 9.21. The summed E-state index contributed by atoms with van der Waals surface area (Å²) in [5, 5.41) is 19.3. The van der Waals surface area contributed by atoms with Crippen molar-refractivity contribution in [2.45, 2.75) is 6.54 Å². The summed E-state index contributed by atoms with van der Waals surface area (Å²) in [6.45, 7) is 0.577. The van der Waals surface area contributed by atoms with Crippen LogP contribution in [-0.4, -0.2) is 4.92 Å². The van der Waals surface area contributed by atoms with Crippen molar-refractivity contribution < 1.29 is 9.49 Å². The molecule has 0 bridgehead atoms. The van der Waals surface area contributed by atoms with E-state index in [1.807, 2.05) is 10.8 Å². The van der Waals surface area contributed by atoms with Crippen LogP contribution < -0.4 is 4.57 Å². The molecule has 0 aliphatic heterocycles. The van der Waals surface area contributed by atoms with Crippen molar-refractivity contribution in [2.24, 2.45) is 0 Å². The number of aromatic nitrogens is 1. The van der Waals surface area contributed by atoms with Gasteiger partial charge >= 0.3 is 0 Å². The van der Waals surface area contributed by atoms with Crippen LogP contribution in [0.25, 0.3) is 0 Å². The molecule has 0 N–H and O–H groups in total. The van der Waals surface area contributed by atoms with Crippen molar-refractivity contribution in [3.8, 4) is 6.07 Å². The van der Waals surface area contributed by atoms with Crippen LogP contribution in [0.2, 0.25) is 0 Å². The summed E-state index contributed by atoms with van der Waals surface area (Å²) in [6.07, 6.45) is 3.59. The zero-order chi connectivity index (χ0) is 13.0. The maximum atomic E-state index is 10.5. The maximum Gasteiger partial charge on any atom is 0.269 e. The van der Waals surface area contributed by atoms with Gasteiger partial charge in [0.15, 0.2) is 18.9 Å². The highest BCUT2D eigenvalue weighted by atomic mass is 79.9. The lowest BCUT2D eigenvalue weighted by atomic mass is 10.2. The first-order valence-corrected chi connectivity index (χ1v) is 5.31. The Hall–Kier alpha value is -2.26. The number of hydrogen-bond donors (Lipinski definition) is 0. The largest absolute Gasteiger partial charge is 0.269 e. The summed E-state index contributed by atoms with van der Waals surface area (Å²) < 4.78 is 1.86. The van der Waals surface area contributed by atoms with Gasteiger partial charge < -0.3 is 0 Å². The van der Waals surface area contributed by atoms with Gasteiger partial charge in [-0.1, -0.05) is 0 Å². The molecule has 0 aliphatic rings. The van der Waals surface area contributed by atoms with Crippen molar-refractivity contribution in [1.82, 2.24) is 0 Å². The van der Waals surface area contributed by atoms with Crippen LogP contribution in [0, 0.1) is 21.4 Å². The third kappa shape index (κ3) is 3.86. The van der Waals surface area contributed by atoms with E-state index in [2.05, 4.69) is 6.07 Å². The topological polar surface area (TPSA) is 70.8 Å². The Morgan fingerprint density at radius 2 is 1.95 bits per heavy atom. The lowest BCUT2D eigenvalue weighted by molar-refractivity contribution is -0.688. The van der Waals surface area contributed by atoms with Crippen LogP contribution in [0.1, 0.15) is 11.1 Å². The van der Waals surface area contributed by atoms with Crippen LogP contribution in [0.15, 0.2) is 48.8 Å². The molecule has 0 unspecified atom stereocenters. The van der Waals surface area contributed by atoms with Crippen molar-refractivity contribution >= 4 is 22.7 Å². The summed E-state index contributed by atoms with van der Waals surface area (Å²) >= 11 is 0. The Morgan fingerprint density at radius 3 is 2.53 bits per heavy atom. The number of halogens is 1. The van der Waals surface area contributed by atoms with E-state index >= 15 is 0 Å². The molecule has 0 fully saturated rings. The second-order valence-corrected chi connectivity index (χ2v) is 3.80. The second-order valence-electron chi connectivity index (χ2n) is 3.80. The Morgan fingerprint density at radius 1 is 1.26 bits per heavy atom. The molecule has 0 spiro atoms.